The van der Waals surface area contributed by atoms with Gasteiger partial charge >= 0.3 is 0 Å². The summed E-state index contributed by atoms with van der Waals surface area (Å²) in [4.78, 5) is 0. The molecule has 1 rings (SSSR count). The van der Waals surface area contributed by atoms with Gasteiger partial charge in [0.05, 0.1) is 6.10 Å². The minimum atomic E-state index is -0.317. The van der Waals surface area contributed by atoms with Gasteiger partial charge in [-0.3, -0.25) is 0 Å². The summed E-state index contributed by atoms with van der Waals surface area (Å²) in [5.41, 5.74) is 2.53. The second-order valence-corrected chi connectivity index (χ2v) is 6.77. The van der Waals surface area contributed by atoms with Crippen LogP contribution in [0.15, 0.2) is 24.3 Å². The Morgan fingerprint density at radius 3 is 2.24 bits per heavy atom. The van der Waals surface area contributed by atoms with Crippen molar-refractivity contribution in [3.8, 4) is 0 Å². The number of thioether (sulfide) groups is 1. The molecule has 96 valence electrons. The van der Waals surface area contributed by atoms with Crippen LogP contribution in [0, 0.1) is 0 Å². The Bertz CT molecular complexity index is 324. The van der Waals surface area contributed by atoms with E-state index in [1.54, 1.807) is 0 Å². The van der Waals surface area contributed by atoms with E-state index in [1.807, 2.05) is 11.8 Å². The van der Waals surface area contributed by atoms with Gasteiger partial charge in [0, 0.05) is 0 Å². The Hall–Kier alpha value is -0.470. The summed E-state index contributed by atoms with van der Waals surface area (Å²) in [6.07, 6.45) is 0.524. The van der Waals surface area contributed by atoms with Gasteiger partial charge in [0.15, 0.2) is 0 Å². The van der Waals surface area contributed by atoms with Crippen LogP contribution >= 0.6 is 11.8 Å². The molecule has 0 aliphatic rings. The topological polar surface area (TPSA) is 20.2 Å². The van der Waals surface area contributed by atoms with Crippen molar-refractivity contribution in [2.24, 2.45) is 0 Å². The molecule has 0 fully saturated rings. The van der Waals surface area contributed by atoms with E-state index in [0.29, 0.717) is 0 Å². The Morgan fingerprint density at radius 1 is 1.18 bits per heavy atom. The van der Waals surface area contributed by atoms with Gasteiger partial charge in [-0.25, -0.2) is 0 Å². The molecular weight excluding hydrogens is 228 g/mol. The monoisotopic (exact) mass is 252 g/mol. The zero-order valence-corrected chi connectivity index (χ0v) is 12.2. The van der Waals surface area contributed by atoms with Crippen LogP contribution < -0.4 is 0 Å². The van der Waals surface area contributed by atoms with Crippen molar-refractivity contribution in [1.82, 2.24) is 0 Å². The SMILES string of the molecule is CCSCCC(O)c1ccc(C(C)(C)C)cc1. The summed E-state index contributed by atoms with van der Waals surface area (Å²) < 4.78 is 0. The maximum absolute atomic E-state index is 10.0. The Labute approximate surface area is 110 Å². The summed E-state index contributed by atoms with van der Waals surface area (Å²) in [6.45, 7) is 8.76. The molecule has 0 saturated carbocycles. The fourth-order valence-corrected chi connectivity index (χ4v) is 2.39. The third-order valence-electron chi connectivity index (χ3n) is 2.90. The lowest BCUT2D eigenvalue weighted by Gasteiger charge is -2.20. The fourth-order valence-electron chi connectivity index (χ4n) is 1.71. The van der Waals surface area contributed by atoms with Gasteiger partial charge in [-0.2, -0.15) is 11.8 Å². The molecule has 2 heteroatoms. The number of aliphatic hydroxyl groups excluding tert-OH is 1. The molecule has 1 unspecified atom stereocenters. The van der Waals surface area contributed by atoms with Crippen LogP contribution in [-0.2, 0) is 5.41 Å². The van der Waals surface area contributed by atoms with Crippen LogP contribution in [-0.4, -0.2) is 16.6 Å². The van der Waals surface area contributed by atoms with Crippen LogP contribution in [0.1, 0.15) is 51.3 Å². The standard InChI is InChI=1S/C15H24OS/c1-5-17-11-10-14(16)12-6-8-13(9-7-12)15(2,3)4/h6-9,14,16H,5,10-11H2,1-4H3. The first-order valence-electron chi connectivity index (χ1n) is 6.31. The molecule has 1 atom stereocenters. The number of hydrogen-bond donors (Lipinski definition) is 1. The quantitative estimate of drug-likeness (QED) is 0.794. The molecule has 0 aliphatic carbocycles. The highest BCUT2D eigenvalue weighted by atomic mass is 32.2. The normalized spacial score (nSPS) is 13.7. The molecule has 1 nitrogen and oxygen atoms in total. The summed E-state index contributed by atoms with van der Waals surface area (Å²) in [5, 5.41) is 10.0. The van der Waals surface area contributed by atoms with Gasteiger partial charge in [-0.15, -0.1) is 0 Å². The molecule has 0 aliphatic heterocycles. The number of rotatable bonds is 5. The molecule has 1 aromatic carbocycles. The van der Waals surface area contributed by atoms with E-state index >= 15 is 0 Å². The third-order valence-corrected chi connectivity index (χ3v) is 3.83. The molecule has 17 heavy (non-hydrogen) atoms. The molecule has 0 heterocycles. The molecule has 0 amide bonds. The molecule has 0 bridgehead atoms. The number of aliphatic hydroxyl groups is 1. The summed E-state index contributed by atoms with van der Waals surface area (Å²) in [5.74, 6) is 2.15. The van der Waals surface area contributed by atoms with Crippen molar-refractivity contribution in [1.29, 1.82) is 0 Å². The van der Waals surface area contributed by atoms with E-state index in [1.165, 1.54) is 5.56 Å². The highest BCUT2D eigenvalue weighted by molar-refractivity contribution is 7.99. The van der Waals surface area contributed by atoms with Crippen LogP contribution in [0.25, 0.3) is 0 Å². The maximum Gasteiger partial charge on any atom is 0.0797 e. The van der Waals surface area contributed by atoms with Crippen molar-refractivity contribution in [2.45, 2.75) is 45.6 Å². The first-order chi connectivity index (χ1) is 7.95. The largest absolute Gasteiger partial charge is 0.388 e. The maximum atomic E-state index is 10.0. The Morgan fingerprint density at radius 2 is 1.76 bits per heavy atom. The molecule has 0 saturated heterocycles. The molecule has 1 aromatic rings. The highest BCUT2D eigenvalue weighted by Crippen LogP contribution is 2.25. The second-order valence-electron chi connectivity index (χ2n) is 5.37. The predicted molar refractivity (Wildman–Crippen MR) is 77.7 cm³/mol. The van der Waals surface area contributed by atoms with E-state index in [9.17, 15) is 5.11 Å². The molecule has 0 radical (unpaired) electrons. The molecule has 0 spiro atoms. The summed E-state index contributed by atoms with van der Waals surface area (Å²) >= 11 is 1.88. The minimum absolute atomic E-state index is 0.182. The number of benzene rings is 1. The summed E-state index contributed by atoms with van der Waals surface area (Å²) in [6, 6.07) is 8.38. The van der Waals surface area contributed by atoms with Crippen LogP contribution in [0.5, 0.6) is 0 Å². The van der Waals surface area contributed by atoms with E-state index in [0.717, 1.165) is 23.5 Å². The minimum Gasteiger partial charge on any atom is -0.388 e. The predicted octanol–water partition coefficient (Wildman–Crippen LogP) is 4.16. The van der Waals surface area contributed by atoms with Crippen molar-refractivity contribution < 1.29 is 5.11 Å². The van der Waals surface area contributed by atoms with Gasteiger partial charge in [0.1, 0.15) is 0 Å². The average Bonchev–Trinajstić information content (AvgIpc) is 2.28. The van der Waals surface area contributed by atoms with E-state index in [2.05, 4.69) is 52.0 Å². The fraction of sp³-hybridized carbons (Fsp3) is 0.600. The van der Waals surface area contributed by atoms with E-state index < -0.39 is 0 Å². The van der Waals surface area contributed by atoms with Crippen LogP contribution in [0.3, 0.4) is 0 Å². The second kappa shape index (κ2) is 6.46. The van der Waals surface area contributed by atoms with Crippen LogP contribution in [0.2, 0.25) is 0 Å². The zero-order valence-electron chi connectivity index (χ0n) is 11.4. The van der Waals surface area contributed by atoms with Gasteiger partial charge in [0.25, 0.3) is 0 Å². The first kappa shape index (κ1) is 14.6. The molecular formula is C15H24OS. The van der Waals surface area contributed by atoms with Gasteiger partial charge in [-0.1, -0.05) is 52.0 Å². The molecule has 1 N–H and O–H groups in total. The lowest BCUT2D eigenvalue weighted by Crippen LogP contribution is -2.11. The zero-order chi connectivity index (χ0) is 12.9. The Kier molecular flexibility index (Phi) is 5.54. The van der Waals surface area contributed by atoms with Crippen molar-refractivity contribution >= 4 is 11.8 Å². The van der Waals surface area contributed by atoms with Crippen molar-refractivity contribution in [3.63, 3.8) is 0 Å². The van der Waals surface area contributed by atoms with Gasteiger partial charge in [-0.05, 0) is 34.5 Å². The smallest absolute Gasteiger partial charge is 0.0797 e. The highest BCUT2D eigenvalue weighted by Gasteiger charge is 2.14. The summed E-state index contributed by atoms with van der Waals surface area (Å²) in [7, 11) is 0. The van der Waals surface area contributed by atoms with E-state index in [-0.39, 0.29) is 11.5 Å². The first-order valence-corrected chi connectivity index (χ1v) is 7.47. The van der Waals surface area contributed by atoms with Crippen molar-refractivity contribution in [2.75, 3.05) is 11.5 Å². The van der Waals surface area contributed by atoms with Gasteiger partial charge in [0.2, 0.25) is 0 Å². The third kappa shape index (κ3) is 4.72. The molecule has 0 aromatic heterocycles. The van der Waals surface area contributed by atoms with Crippen LogP contribution in [0.4, 0.5) is 0 Å². The van der Waals surface area contributed by atoms with Crippen molar-refractivity contribution in [3.05, 3.63) is 35.4 Å². The lowest BCUT2D eigenvalue weighted by atomic mass is 9.86. The number of hydrogen-bond acceptors (Lipinski definition) is 2. The van der Waals surface area contributed by atoms with Gasteiger partial charge < -0.3 is 5.11 Å². The van der Waals surface area contributed by atoms with E-state index in [4.69, 9.17) is 0 Å². The Balaban J connectivity index is 2.61. The lowest BCUT2D eigenvalue weighted by molar-refractivity contribution is 0.175. The average molecular weight is 252 g/mol.